The van der Waals surface area contributed by atoms with Gasteiger partial charge in [0.2, 0.25) is 0 Å². The van der Waals surface area contributed by atoms with Crippen molar-refractivity contribution >= 4 is 16.9 Å². The van der Waals surface area contributed by atoms with Crippen LogP contribution in [0.4, 0.5) is 0 Å². The summed E-state index contributed by atoms with van der Waals surface area (Å²) < 4.78 is 5.26. The zero-order valence-corrected chi connectivity index (χ0v) is 6.97. The monoisotopic (exact) mass is 170 g/mol. The minimum atomic E-state index is -0.0400. The lowest BCUT2D eigenvalue weighted by Gasteiger charge is -2.17. The van der Waals surface area contributed by atoms with Crippen LogP contribution >= 0.6 is 11.8 Å². The lowest BCUT2D eigenvalue weighted by atomic mass is 10.2. The van der Waals surface area contributed by atoms with Gasteiger partial charge in [-0.2, -0.15) is 0 Å². The van der Waals surface area contributed by atoms with Crippen LogP contribution in [0.25, 0.3) is 0 Å². The number of hydrogen-bond acceptors (Lipinski definition) is 3. The fourth-order valence-corrected chi connectivity index (χ4v) is 1.45. The van der Waals surface area contributed by atoms with Crippen LogP contribution in [0.1, 0.15) is 6.42 Å². The van der Waals surface area contributed by atoms with Crippen LogP contribution in [0.5, 0.6) is 0 Å². The predicted octanol–water partition coefficient (Wildman–Crippen LogP) is 1.73. The van der Waals surface area contributed by atoms with Crippen molar-refractivity contribution < 1.29 is 9.53 Å². The van der Waals surface area contributed by atoms with E-state index in [4.69, 9.17) is 4.74 Å². The van der Waals surface area contributed by atoms with Gasteiger partial charge in [0.25, 0.3) is 0 Å². The summed E-state index contributed by atoms with van der Waals surface area (Å²) in [5.41, 5.74) is 0. The first kappa shape index (κ1) is 8.56. The van der Waals surface area contributed by atoms with Crippen LogP contribution in [0, 0.1) is 0 Å². The Kier molecular flexibility index (Phi) is 3.39. The fraction of sp³-hybridized carbons (Fsp3) is 0.375. The first-order valence-corrected chi connectivity index (χ1v) is 4.38. The predicted molar refractivity (Wildman–Crippen MR) is 46.3 cm³/mol. The van der Waals surface area contributed by atoms with Crippen molar-refractivity contribution in [2.75, 3.05) is 5.94 Å². The van der Waals surface area contributed by atoms with E-state index in [1.807, 2.05) is 6.08 Å². The summed E-state index contributed by atoms with van der Waals surface area (Å²) in [7, 11) is 0. The lowest BCUT2D eigenvalue weighted by molar-refractivity contribution is -0.113. The molecular weight excluding hydrogens is 160 g/mol. The highest BCUT2D eigenvalue weighted by molar-refractivity contribution is 8.13. The topological polar surface area (TPSA) is 26.3 Å². The van der Waals surface area contributed by atoms with Crippen LogP contribution in [-0.4, -0.2) is 17.2 Å². The second-order valence-corrected chi connectivity index (χ2v) is 3.14. The van der Waals surface area contributed by atoms with Crippen molar-refractivity contribution in [1.82, 2.24) is 0 Å². The Morgan fingerprint density at radius 3 is 3.18 bits per heavy atom. The maximum absolute atomic E-state index is 10.9. The molecule has 1 unspecified atom stereocenters. The van der Waals surface area contributed by atoms with Crippen molar-refractivity contribution in [1.29, 1.82) is 0 Å². The average Bonchev–Trinajstić information content (AvgIpc) is 2.01. The molecule has 1 heterocycles. The van der Waals surface area contributed by atoms with Gasteiger partial charge in [-0.1, -0.05) is 36.6 Å². The Hall–Kier alpha value is -0.540. The molecule has 1 aliphatic heterocycles. The van der Waals surface area contributed by atoms with Gasteiger partial charge in [-0.15, -0.1) is 0 Å². The Balaban J connectivity index is 2.39. The van der Waals surface area contributed by atoms with Gasteiger partial charge >= 0.3 is 0 Å². The summed E-state index contributed by atoms with van der Waals surface area (Å²) in [5, 5.41) is 0.204. The minimum absolute atomic E-state index is 0.0400. The third kappa shape index (κ3) is 2.91. The molecule has 0 aromatic rings. The molecule has 1 fully saturated rings. The van der Waals surface area contributed by atoms with E-state index in [1.54, 1.807) is 12.2 Å². The SMILES string of the molecule is C=C/C=C/C1CC(=O)SCO1. The Bertz CT molecular complexity index is 187. The van der Waals surface area contributed by atoms with Crippen molar-refractivity contribution in [2.45, 2.75) is 12.5 Å². The number of rotatable bonds is 2. The largest absolute Gasteiger partial charge is 0.363 e. The normalized spacial score (nSPS) is 25.8. The zero-order chi connectivity index (χ0) is 8.10. The molecule has 0 amide bonds. The molecule has 1 aliphatic rings. The first-order valence-electron chi connectivity index (χ1n) is 3.39. The molecule has 0 bridgehead atoms. The van der Waals surface area contributed by atoms with E-state index >= 15 is 0 Å². The molecular formula is C8H10O2S. The number of hydrogen-bond donors (Lipinski definition) is 0. The Labute approximate surface area is 70.3 Å². The van der Waals surface area contributed by atoms with Crippen LogP contribution < -0.4 is 0 Å². The quantitative estimate of drug-likeness (QED) is 0.590. The molecule has 0 aromatic carbocycles. The van der Waals surface area contributed by atoms with Crippen molar-refractivity contribution in [3.8, 4) is 0 Å². The van der Waals surface area contributed by atoms with E-state index in [2.05, 4.69) is 6.58 Å². The molecule has 1 rings (SSSR count). The highest BCUT2D eigenvalue weighted by Crippen LogP contribution is 2.18. The van der Waals surface area contributed by atoms with Gasteiger partial charge in [0, 0.05) is 6.42 Å². The van der Waals surface area contributed by atoms with E-state index in [-0.39, 0.29) is 11.2 Å². The maximum atomic E-state index is 10.9. The number of ether oxygens (including phenoxy) is 1. The molecule has 3 heteroatoms. The smallest absolute Gasteiger partial charge is 0.194 e. The van der Waals surface area contributed by atoms with Crippen LogP contribution in [0.2, 0.25) is 0 Å². The zero-order valence-electron chi connectivity index (χ0n) is 6.16. The molecule has 2 nitrogen and oxygen atoms in total. The van der Waals surface area contributed by atoms with Crippen LogP contribution in [0.15, 0.2) is 24.8 Å². The standard InChI is InChI=1S/C8H10O2S/c1-2-3-4-7-5-8(9)11-6-10-7/h2-4,7H,1,5-6H2/b4-3+. The Morgan fingerprint density at radius 2 is 2.55 bits per heavy atom. The molecule has 0 spiro atoms. The molecule has 60 valence electrons. The van der Waals surface area contributed by atoms with Gasteiger partial charge in [-0.25, -0.2) is 0 Å². The molecule has 1 saturated heterocycles. The van der Waals surface area contributed by atoms with Gasteiger partial charge < -0.3 is 4.74 Å². The van der Waals surface area contributed by atoms with Crippen molar-refractivity contribution in [3.05, 3.63) is 24.8 Å². The second-order valence-electron chi connectivity index (χ2n) is 2.16. The average molecular weight is 170 g/mol. The van der Waals surface area contributed by atoms with Gasteiger partial charge in [0.15, 0.2) is 5.12 Å². The summed E-state index contributed by atoms with van der Waals surface area (Å²) in [6.45, 7) is 3.53. The van der Waals surface area contributed by atoms with Gasteiger partial charge in [-0.3, -0.25) is 4.79 Å². The van der Waals surface area contributed by atoms with Crippen LogP contribution in [0.3, 0.4) is 0 Å². The van der Waals surface area contributed by atoms with Crippen LogP contribution in [-0.2, 0) is 9.53 Å². The summed E-state index contributed by atoms with van der Waals surface area (Å²) in [5.74, 6) is 0.477. The molecule has 0 radical (unpaired) electrons. The third-order valence-electron chi connectivity index (χ3n) is 1.33. The van der Waals surface area contributed by atoms with E-state index in [0.717, 1.165) is 0 Å². The molecule has 1 atom stereocenters. The number of allylic oxidation sites excluding steroid dienone is 2. The first-order chi connectivity index (χ1) is 5.33. The van der Waals surface area contributed by atoms with E-state index in [9.17, 15) is 4.79 Å². The molecule has 0 saturated carbocycles. The molecule has 0 aliphatic carbocycles. The minimum Gasteiger partial charge on any atom is -0.363 e. The van der Waals surface area contributed by atoms with E-state index in [1.165, 1.54) is 11.8 Å². The molecule has 0 N–H and O–H groups in total. The highest BCUT2D eigenvalue weighted by atomic mass is 32.2. The maximum Gasteiger partial charge on any atom is 0.194 e. The van der Waals surface area contributed by atoms with Crippen molar-refractivity contribution in [3.63, 3.8) is 0 Å². The van der Waals surface area contributed by atoms with Gasteiger partial charge in [0.1, 0.15) is 5.94 Å². The summed E-state index contributed by atoms with van der Waals surface area (Å²) >= 11 is 1.23. The third-order valence-corrected chi connectivity index (χ3v) is 2.07. The van der Waals surface area contributed by atoms with Crippen molar-refractivity contribution in [2.24, 2.45) is 0 Å². The van der Waals surface area contributed by atoms with Gasteiger partial charge in [0.05, 0.1) is 6.10 Å². The highest BCUT2D eigenvalue weighted by Gasteiger charge is 2.17. The summed E-state index contributed by atoms with van der Waals surface area (Å²) in [6.07, 6.45) is 5.77. The summed E-state index contributed by atoms with van der Waals surface area (Å²) in [4.78, 5) is 10.9. The fourth-order valence-electron chi connectivity index (χ4n) is 0.795. The molecule has 0 aromatic heterocycles. The lowest BCUT2D eigenvalue weighted by Crippen LogP contribution is -2.19. The summed E-state index contributed by atoms with van der Waals surface area (Å²) in [6, 6.07) is 0. The number of carbonyl (C=O) groups excluding carboxylic acids is 1. The second kappa shape index (κ2) is 4.36. The van der Waals surface area contributed by atoms with E-state index in [0.29, 0.717) is 12.4 Å². The number of carbonyl (C=O) groups is 1. The molecule has 11 heavy (non-hydrogen) atoms. The van der Waals surface area contributed by atoms with E-state index < -0.39 is 0 Å². The number of thioether (sulfide) groups is 1. The Morgan fingerprint density at radius 1 is 1.73 bits per heavy atom. The van der Waals surface area contributed by atoms with Gasteiger partial charge in [-0.05, 0) is 0 Å².